The largest absolute Gasteiger partial charge is 0.444 e. The van der Waals surface area contributed by atoms with Crippen molar-refractivity contribution in [2.75, 3.05) is 39.8 Å². The van der Waals surface area contributed by atoms with Crippen molar-refractivity contribution in [3.05, 3.63) is 0 Å². The first kappa shape index (κ1) is 23.7. The molecular weight excluding hydrogens is 370 g/mol. The molecule has 0 aromatic rings. The van der Waals surface area contributed by atoms with Crippen LogP contribution in [0, 0.1) is 0 Å². The number of ether oxygens (including phenoxy) is 2. The minimum Gasteiger partial charge on any atom is -0.444 e. The normalized spacial score (nSPS) is 23.4. The molecule has 0 saturated carbocycles. The first-order valence-electron chi connectivity index (χ1n) is 11.0. The van der Waals surface area contributed by atoms with Crippen LogP contribution in [-0.2, 0) is 9.47 Å². The molecular formula is C21H41N5O3. The first-order valence-corrected chi connectivity index (χ1v) is 11.0. The lowest BCUT2D eigenvalue weighted by atomic mass is 9.93. The fraction of sp³-hybridized carbons (Fsp3) is 0.905. The molecule has 8 nitrogen and oxygen atoms in total. The third kappa shape index (κ3) is 7.33. The molecule has 1 amide bonds. The topological polar surface area (TPSA) is 87.2 Å². The summed E-state index contributed by atoms with van der Waals surface area (Å²) in [4.78, 5) is 19.2. The number of carbonyl (C=O) groups is 1. The fourth-order valence-corrected chi connectivity index (χ4v) is 3.93. The minimum absolute atomic E-state index is 0.171. The Hall–Kier alpha value is -1.54. The second-order valence-corrected chi connectivity index (χ2v) is 9.17. The molecule has 2 rings (SSSR count). The highest BCUT2D eigenvalue weighted by molar-refractivity contribution is 5.80. The van der Waals surface area contributed by atoms with E-state index < -0.39 is 11.1 Å². The van der Waals surface area contributed by atoms with E-state index in [0.29, 0.717) is 19.1 Å². The average Bonchev–Trinajstić information content (AvgIpc) is 3.13. The van der Waals surface area contributed by atoms with Gasteiger partial charge in [-0.05, 0) is 53.0 Å². The molecule has 0 spiro atoms. The molecule has 0 bridgehead atoms. The maximum atomic E-state index is 12.3. The number of aliphatic imine (C=N–C) groups is 1. The standard InChI is InChI=1S/C21H41N5O3/c1-7-21(8-2,25-19(27)29-20(3,4)5)15-24-18(22-6)23-12-17-13-26-11-9-10-16(26)14-28-17/h16-17H,7-15H2,1-6H3,(H,25,27)(H2,22,23,24). The molecule has 2 saturated heterocycles. The van der Waals surface area contributed by atoms with Gasteiger partial charge in [-0.1, -0.05) is 13.8 Å². The fourth-order valence-electron chi connectivity index (χ4n) is 3.93. The number of rotatable bonds is 7. The molecule has 2 atom stereocenters. The van der Waals surface area contributed by atoms with Crippen LogP contribution >= 0.6 is 0 Å². The van der Waals surface area contributed by atoms with Crippen molar-refractivity contribution in [2.24, 2.45) is 4.99 Å². The van der Waals surface area contributed by atoms with Crippen molar-refractivity contribution in [3.8, 4) is 0 Å². The molecule has 3 N–H and O–H groups in total. The van der Waals surface area contributed by atoms with Gasteiger partial charge in [-0.25, -0.2) is 4.79 Å². The minimum atomic E-state index is -0.517. The van der Waals surface area contributed by atoms with Crippen LogP contribution in [0.2, 0.25) is 0 Å². The maximum Gasteiger partial charge on any atom is 0.408 e. The quantitative estimate of drug-likeness (QED) is 0.439. The van der Waals surface area contributed by atoms with Crippen LogP contribution in [0.25, 0.3) is 0 Å². The molecule has 0 aromatic carbocycles. The van der Waals surface area contributed by atoms with Crippen LogP contribution in [0.3, 0.4) is 0 Å². The van der Waals surface area contributed by atoms with Crippen LogP contribution in [-0.4, -0.2) is 80.1 Å². The summed E-state index contributed by atoms with van der Waals surface area (Å²) in [7, 11) is 1.76. The Morgan fingerprint density at radius 2 is 1.97 bits per heavy atom. The van der Waals surface area contributed by atoms with Crippen molar-refractivity contribution in [2.45, 2.75) is 83.6 Å². The van der Waals surface area contributed by atoms with Crippen LogP contribution < -0.4 is 16.0 Å². The number of fused-ring (bicyclic) bond motifs is 1. The van der Waals surface area contributed by atoms with Crippen molar-refractivity contribution >= 4 is 12.1 Å². The van der Waals surface area contributed by atoms with E-state index in [2.05, 4.69) is 39.7 Å². The van der Waals surface area contributed by atoms with Gasteiger partial charge in [0.2, 0.25) is 0 Å². The number of nitrogens with zero attached hydrogens (tertiary/aromatic N) is 2. The molecule has 2 aliphatic rings. The summed E-state index contributed by atoms with van der Waals surface area (Å²) in [5, 5.41) is 9.80. The lowest BCUT2D eigenvalue weighted by Crippen LogP contribution is -2.58. The third-order valence-electron chi connectivity index (χ3n) is 5.90. The molecule has 2 heterocycles. The van der Waals surface area contributed by atoms with E-state index in [1.807, 2.05) is 20.8 Å². The molecule has 2 aliphatic heterocycles. The zero-order valence-corrected chi connectivity index (χ0v) is 19.1. The van der Waals surface area contributed by atoms with Gasteiger partial charge in [0.05, 0.1) is 18.2 Å². The zero-order valence-electron chi connectivity index (χ0n) is 19.1. The lowest BCUT2D eigenvalue weighted by molar-refractivity contribution is -0.0453. The van der Waals surface area contributed by atoms with Gasteiger partial charge >= 0.3 is 6.09 Å². The monoisotopic (exact) mass is 411 g/mol. The lowest BCUT2D eigenvalue weighted by Gasteiger charge is -2.36. The number of morpholine rings is 1. The summed E-state index contributed by atoms with van der Waals surface area (Å²) >= 11 is 0. The Kier molecular flexibility index (Phi) is 8.58. The van der Waals surface area contributed by atoms with Gasteiger partial charge in [0.15, 0.2) is 5.96 Å². The van der Waals surface area contributed by atoms with Crippen molar-refractivity contribution in [1.82, 2.24) is 20.9 Å². The van der Waals surface area contributed by atoms with Crippen molar-refractivity contribution in [3.63, 3.8) is 0 Å². The summed E-state index contributed by atoms with van der Waals surface area (Å²) < 4.78 is 11.5. The van der Waals surface area contributed by atoms with Crippen molar-refractivity contribution < 1.29 is 14.3 Å². The Balaban J connectivity index is 1.82. The van der Waals surface area contributed by atoms with Gasteiger partial charge in [-0.2, -0.15) is 0 Å². The molecule has 0 aromatic heterocycles. The van der Waals surface area contributed by atoms with E-state index in [9.17, 15) is 4.79 Å². The Morgan fingerprint density at radius 3 is 2.59 bits per heavy atom. The second-order valence-electron chi connectivity index (χ2n) is 9.17. The zero-order chi connectivity index (χ0) is 21.5. The number of guanidine groups is 1. The van der Waals surface area contributed by atoms with Crippen LogP contribution in [0.4, 0.5) is 4.79 Å². The second kappa shape index (κ2) is 10.5. The van der Waals surface area contributed by atoms with Gasteiger partial charge in [-0.15, -0.1) is 0 Å². The summed E-state index contributed by atoms with van der Waals surface area (Å²) in [6.45, 7) is 14.0. The molecule has 8 heteroatoms. The summed E-state index contributed by atoms with van der Waals surface area (Å²) in [5.74, 6) is 0.717. The molecule has 2 fully saturated rings. The van der Waals surface area contributed by atoms with E-state index in [1.165, 1.54) is 19.4 Å². The number of hydrogen-bond acceptors (Lipinski definition) is 5. The highest BCUT2D eigenvalue weighted by atomic mass is 16.6. The molecule has 0 aliphatic carbocycles. The SMILES string of the molecule is CCC(CC)(CNC(=NC)NCC1CN2CCCC2CO1)NC(=O)OC(C)(C)C. The van der Waals surface area contributed by atoms with E-state index in [0.717, 1.165) is 32.0 Å². The number of nitrogens with one attached hydrogen (secondary N) is 3. The van der Waals surface area contributed by atoms with Crippen molar-refractivity contribution in [1.29, 1.82) is 0 Å². The predicted octanol–water partition coefficient (Wildman–Crippen LogP) is 2.10. The number of hydrogen-bond donors (Lipinski definition) is 3. The van der Waals surface area contributed by atoms with Gasteiger partial charge in [0.25, 0.3) is 0 Å². The smallest absolute Gasteiger partial charge is 0.408 e. The highest BCUT2D eigenvalue weighted by Gasteiger charge is 2.33. The van der Waals surface area contributed by atoms with E-state index in [1.54, 1.807) is 7.05 Å². The molecule has 0 radical (unpaired) electrons. The first-order chi connectivity index (χ1) is 13.7. The van der Waals surface area contributed by atoms with Gasteiger partial charge < -0.3 is 25.4 Å². The summed E-state index contributed by atoms with van der Waals surface area (Å²) in [5.41, 5.74) is -0.916. The summed E-state index contributed by atoms with van der Waals surface area (Å²) in [6.07, 6.45) is 3.89. The van der Waals surface area contributed by atoms with Gasteiger partial charge in [0.1, 0.15) is 5.60 Å². The van der Waals surface area contributed by atoms with Gasteiger partial charge in [-0.3, -0.25) is 9.89 Å². The third-order valence-corrected chi connectivity index (χ3v) is 5.90. The highest BCUT2D eigenvalue weighted by Crippen LogP contribution is 2.22. The van der Waals surface area contributed by atoms with E-state index >= 15 is 0 Å². The molecule has 29 heavy (non-hydrogen) atoms. The van der Waals surface area contributed by atoms with Gasteiger partial charge in [0, 0.05) is 32.7 Å². The van der Waals surface area contributed by atoms with Crippen LogP contribution in [0.5, 0.6) is 0 Å². The average molecular weight is 412 g/mol. The Bertz CT molecular complexity index is 557. The molecule has 2 unspecified atom stereocenters. The number of carbonyl (C=O) groups excluding carboxylic acids is 1. The summed E-state index contributed by atoms with van der Waals surface area (Å²) in [6, 6.07) is 0.609. The molecule has 168 valence electrons. The predicted molar refractivity (Wildman–Crippen MR) is 116 cm³/mol. The Labute approximate surface area is 176 Å². The number of amides is 1. The maximum absolute atomic E-state index is 12.3. The van der Waals surface area contributed by atoms with E-state index in [4.69, 9.17) is 9.47 Å². The van der Waals surface area contributed by atoms with E-state index in [-0.39, 0.29) is 12.2 Å². The Morgan fingerprint density at radius 1 is 1.24 bits per heavy atom. The number of alkyl carbamates (subject to hydrolysis) is 1. The van der Waals surface area contributed by atoms with Crippen LogP contribution in [0.15, 0.2) is 4.99 Å². The van der Waals surface area contributed by atoms with Crippen LogP contribution in [0.1, 0.15) is 60.3 Å².